The summed E-state index contributed by atoms with van der Waals surface area (Å²) in [5, 5.41) is 9.35. The Morgan fingerprint density at radius 2 is 1.48 bits per heavy atom. The summed E-state index contributed by atoms with van der Waals surface area (Å²) in [5.41, 5.74) is 0. The Kier molecular flexibility index (Phi) is 11.0. The maximum Gasteiger partial charge on any atom is 0.307 e. The van der Waals surface area contributed by atoms with E-state index >= 15 is 0 Å². The fourth-order valence-electron chi connectivity index (χ4n) is 4.22. The predicted molar refractivity (Wildman–Crippen MR) is 108 cm³/mol. The van der Waals surface area contributed by atoms with Crippen LogP contribution >= 0.6 is 0 Å². The molecule has 156 valence electrons. The molecular weight excluding hydrogens is 340 g/mol. The molecule has 0 aromatic carbocycles. The molecule has 0 saturated heterocycles. The van der Waals surface area contributed by atoms with Gasteiger partial charge in [0.2, 0.25) is 0 Å². The van der Waals surface area contributed by atoms with Crippen LogP contribution in [-0.2, 0) is 14.3 Å². The van der Waals surface area contributed by atoms with E-state index in [1.807, 2.05) is 0 Å². The predicted octanol–water partition coefficient (Wildman–Crippen LogP) is 6.21. The first-order chi connectivity index (χ1) is 13.2. The van der Waals surface area contributed by atoms with Gasteiger partial charge in [0.05, 0.1) is 18.2 Å². The summed E-state index contributed by atoms with van der Waals surface area (Å²) >= 11 is 0. The lowest BCUT2D eigenvalue weighted by Crippen LogP contribution is -2.25. The van der Waals surface area contributed by atoms with Crippen molar-refractivity contribution in [1.82, 2.24) is 0 Å². The molecule has 0 unspecified atom stereocenters. The van der Waals surface area contributed by atoms with Gasteiger partial charge in [-0.05, 0) is 57.3 Å². The average molecular weight is 381 g/mol. The smallest absolute Gasteiger partial charge is 0.307 e. The molecule has 5 nitrogen and oxygen atoms in total. The summed E-state index contributed by atoms with van der Waals surface area (Å²) in [6, 6.07) is 0.814. The van der Waals surface area contributed by atoms with E-state index < -0.39 is 0 Å². The van der Waals surface area contributed by atoms with Gasteiger partial charge in [0.1, 0.15) is 0 Å². The van der Waals surface area contributed by atoms with Gasteiger partial charge in [0.15, 0.2) is 6.79 Å². The maximum absolute atomic E-state index is 11.1. The van der Waals surface area contributed by atoms with Crippen LogP contribution in [0.5, 0.6) is 0 Å². The molecule has 5 heteroatoms. The van der Waals surface area contributed by atoms with Crippen LogP contribution in [0.25, 0.3) is 0 Å². The SMILES string of the molecule is CCCCCCC1CCC(N=NC2CCC(OCOC(=O)CC)CC2)CC1. The van der Waals surface area contributed by atoms with E-state index in [0.717, 1.165) is 31.6 Å². The lowest BCUT2D eigenvalue weighted by atomic mass is 9.83. The largest absolute Gasteiger partial charge is 0.438 e. The Morgan fingerprint density at radius 1 is 0.852 bits per heavy atom. The summed E-state index contributed by atoms with van der Waals surface area (Å²) in [6.45, 7) is 4.16. The van der Waals surface area contributed by atoms with Crippen molar-refractivity contribution < 1.29 is 14.3 Å². The summed E-state index contributed by atoms with van der Waals surface area (Å²) in [6.07, 6.45) is 16.7. The molecule has 27 heavy (non-hydrogen) atoms. The lowest BCUT2D eigenvalue weighted by molar-refractivity contribution is -0.162. The first-order valence-electron chi connectivity index (χ1n) is 11.4. The van der Waals surface area contributed by atoms with Crippen molar-refractivity contribution in [2.75, 3.05) is 6.79 Å². The zero-order chi connectivity index (χ0) is 19.3. The van der Waals surface area contributed by atoms with Crippen LogP contribution in [0.3, 0.4) is 0 Å². The van der Waals surface area contributed by atoms with Gasteiger partial charge in [-0.3, -0.25) is 4.79 Å². The van der Waals surface area contributed by atoms with Crippen LogP contribution in [-0.4, -0.2) is 30.9 Å². The Bertz CT molecular complexity index is 425. The van der Waals surface area contributed by atoms with Crippen molar-refractivity contribution >= 4 is 5.97 Å². The molecule has 0 spiro atoms. The normalized spacial score (nSPS) is 29.1. The second-order valence-corrected chi connectivity index (χ2v) is 8.34. The highest BCUT2D eigenvalue weighted by atomic mass is 16.7. The third-order valence-corrected chi connectivity index (χ3v) is 6.13. The number of esters is 1. The Hall–Kier alpha value is -0.970. The van der Waals surface area contributed by atoms with Crippen molar-refractivity contribution in [3.8, 4) is 0 Å². The molecule has 0 radical (unpaired) electrons. The fraction of sp³-hybridized carbons (Fsp3) is 0.955. The molecule has 2 rings (SSSR count). The van der Waals surface area contributed by atoms with E-state index in [-0.39, 0.29) is 18.9 Å². The van der Waals surface area contributed by atoms with Crippen LogP contribution in [0.15, 0.2) is 10.2 Å². The minimum Gasteiger partial charge on any atom is -0.438 e. The number of rotatable bonds is 11. The van der Waals surface area contributed by atoms with Crippen molar-refractivity contribution in [1.29, 1.82) is 0 Å². The number of unbranched alkanes of at least 4 members (excludes halogenated alkanes) is 3. The standard InChI is InChI=1S/C22H40N2O3/c1-3-5-6-7-8-18-9-11-19(12-10-18)23-24-20-13-15-21(16-14-20)26-17-27-22(25)4-2/h18-21H,3-17H2,1-2H3. The van der Waals surface area contributed by atoms with E-state index in [1.54, 1.807) is 6.92 Å². The van der Waals surface area contributed by atoms with Gasteiger partial charge >= 0.3 is 5.97 Å². The lowest BCUT2D eigenvalue weighted by Gasteiger charge is -2.27. The second kappa shape index (κ2) is 13.2. The van der Waals surface area contributed by atoms with Gasteiger partial charge in [-0.25, -0.2) is 0 Å². The number of carbonyl (C=O) groups is 1. The zero-order valence-electron chi connectivity index (χ0n) is 17.5. The van der Waals surface area contributed by atoms with Gasteiger partial charge in [-0.1, -0.05) is 46.0 Å². The van der Waals surface area contributed by atoms with Crippen molar-refractivity contribution in [3.63, 3.8) is 0 Å². The number of hydrogen-bond donors (Lipinski definition) is 0. The second-order valence-electron chi connectivity index (χ2n) is 8.34. The van der Waals surface area contributed by atoms with Gasteiger partial charge in [0, 0.05) is 6.42 Å². The number of hydrogen-bond acceptors (Lipinski definition) is 5. The molecule has 0 aromatic heterocycles. The molecule has 0 aromatic rings. The van der Waals surface area contributed by atoms with Crippen molar-refractivity contribution in [2.45, 2.75) is 122 Å². The monoisotopic (exact) mass is 380 g/mol. The molecule has 2 aliphatic rings. The molecule has 2 saturated carbocycles. The van der Waals surface area contributed by atoms with Crippen LogP contribution in [0.4, 0.5) is 0 Å². The molecule has 0 N–H and O–H groups in total. The quantitative estimate of drug-likeness (QED) is 0.185. The third kappa shape index (κ3) is 9.18. The first kappa shape index (κ1) is 22.3. The molecule has 0 heterocycles. The molecule has 0 amide bonds. The number of nitrogens with zero attached hydrogens (tertiary/aromatic N) is 2. The van der Waals surface area contributed by atoms with Crippen LogP contribution in [0.2, 0.25) is 0 Å². The van der Waals surface area contributed by atoms with E-state index in [9.17, 15) is 4.79 Å². The number of ether oxygens (including phenoxy) is 2. The van der Waals surface area contributed by atoms with Crippen molar-refractivity contribution in [3.05, 3.63) is 0 Å². The van der Waals surface area contributed by atoms with E-state index in [2.05, 4.69) is 17.2 Å². The highest BCUT2D eigenvalue weighted by molar-refractivity contribution is 5.68. The van der Waals surface area contributed by atoms with E-state index in [4.69, 9.17) is 9.47 Å². The van der Waals surface area contributed by atoms with Crippen LogP contribution in [0, 0.1) is 5.92 Å². The highest BCUT2D eigenvalue weighted by Gasteiger charge is 2.24. The Balaban J connectivity index is 1.54. The summed E-state index contributed by atoms with van der Waals surface area (Å²) in [4.78, 5) is 11.1. The number of carbonyl (C=O) groups excluding carboxylic acids is 1. The topological polar surface area (TPSA) is 60.3 Å². The molecule has 0 atom stereocenters. The van der Waals surface area contributed by atoms with Gasteiger partial charge in [0.25, 0.3) is 0 Å². The highest BCUT2D eigenvalue weighted by Crippen LogP contribution is 2.31. The van der Waals surface area contributed by atoms with E-state index in [0.29, 0.717) is 18.5 Å². The fourth-order valence-corrected chi connectivity index (χ4v) is 4.22. The van der Waals surface area contributed by atoms with Crippen LogP contribution in [0.1, 0.15) is 104 Å². The number of azo groups is 1. The van der Waals surface area contributed by atoms with Gasteiger partial charge in [-0.15, -0.1) is 0 Å². The molecule has 2 aliphatic carbocycles. The Morgan fingerprint density at radius 3 is 2.07 bits per heavy atom. The van der Waals surface area contributed by atoms with Crippen LogP contribution < -0.4 is 0 Å². The van der Waals surface area contributed by atoms with E-state index in [1.165, 1.54) is 57.8 Å². The van der Waals surface area contributed by atoms with Crippen molar-refractivity contribution in [2.24, 2.45) is 16.1 Å². The first-order valence-corrected chi connectivity index (χ1v) is 11.4. The average Bonchev–Trinajstić information content (AvgIpc) is 2.71. The van der Waals surface area contributed by atoms with Gasteiger partial charge < -0.3 is 9.47 Å². The minimum atomic E-state index is -0.201. The third-order valence-electron chi connectivity index (χ3n) is 6.13. The summed E-state index contributed by atoms with van der Waals surface area (Å²) in [5.74, 6) is 0.732. The summed E-state index contributed by atoms with van der Waals surface area (Å²) in [7, 11) is 0. The molecule has 2 fully saturated rings. The molecular formula is C22H40N2O3. The minimum absolute atomic E-state index is 0.0885. The summed E-state index contributed by atoms with van der Waals surface area (Å²) < 4.78 is 10.6. The maximum atomic E-state index is 11.1. The molecule has 0 bridgehead atoms. The Labute approximate surface area is 165 Å². The molecule has 0 aliphatic heterocycles. The van der Waals surface area contributed by atoms with Gasteiger partial charge in [-0.2, -0.15) is 10.2 Å². The zero-order valence-corrected chi connectivity index (χ0v) is 17.5.